The Labute approximate surface area is 129 Å². The van der Waals surface area contributed by atoms with Crippen LogP contribution < -0.4 is 10.6 Å². The maximum absolute atomic E-state index is 11.4. The van der Waals surface area contributed by atoms with Crippen LogP contribution in [0.5, 0.6) is 0 Å². The molecule has 0 radical (unpaired) electrons. The molecule has 5 nitrogen and oxygen atoms in total. The molecule has 0 aliphatic rings. The van der Waals surface area contributed by atoms with E-state index in [1.165, 1.54) is 0 Å². The topological polar surface area (TPSA) is 70.6 Å². The molecule has 21 heavy (non-hydrogen) atoms. The maximum Gasteiger partial charge on any atom is 0.407 e. The molecule has 0 bridgehead atoms. The van der Waals surface area contributed by atoms with Crippen LogP contribution in [0, 0.1) is 5.41 Å². The van der Waals surface area contributed by atoms with Gasteiger partial charge in [0.1, 0.15) is 5.60 Å². The van der Waals surface area contributed by atoms with Crippen molar-refractivity contribution < 1.29 is 14.6 Å². The molecule has 0 aromatic rings. The molecule has 3 N–H and O–H groups in total. The van der Waals surface area contributed by atoms with Gasteiger partial charge in [-0.05, 0) is 33.6 Å². The van der Waals surface area contributed by atoms with E-state index in [2.05, 4.69) is 24.5 Å². The number of aliphatic hydroxyl groups excluding tert-OH is 1. The minimum atomic E-state index is -0.469. The molecule has 0 heterocycles. The Kier molecular flexibility index (Phi) is 9.29. The highest BCUT2D eigenvalue weighted by atomic mass is 16.6. The van der Waals surface area contributed by atoms with Crippen molar-refractivity contribution in [1.29, 1.82) is 0 Å². The van der Waals surface area contributed by atoms with Gasteiger partial charge in [0.2, 0.25) is 0 Å². The lowest BCUT2D eigenvalue weighted by atomic mass is 9.83. The number of carbonyl (C=O) groups excluding carboxylic acids is 1. The maximum atomic E-state index is 11.4. The van der Waals surface area contributed by atoms with Crippen LogP contribution in [0.2, 0.25) is 0 Å². The van der Waals surface area contributed by atoms with E-state index >= 15 is 0 Å². The second kappa shape index (κ2) is 9.79. The average Bonchev–Trinajstić information content (AvgIpc) is 2.41. The van der Waals surface area contributed by atoms with E-state index < -0.39 is 11.7 Å². The van der Waals surface area contributed by atoms with Crippen molar-refractivity contribution in [3.05, 3.63) is 12.2 Å². The molecule has 0 rings (SSSR count). The fourth-order valence-electron chi connectivity index (χ4n) is 1.82. The third kappa shape index (κ3) is 9.47. The molecule has 0 unspecified atom stereocenters. The molecular weight excluding hydrogens is 268 g/mol. The van der Waals surface area contributed by atoms with Gasteiger partial charge in [-0.15, -0.1) is 0 Å². The Balaban J connectivity index is 3.82. The number of hydrogen-bond acceptors (Lipinski definition) is 4. The van der Waals surface area contributed by atoms with Gasteiger partial charge in [-0.2, -0.15) is 0 Å². The molecule has 0 atom stereocenters. The highest BCUT2D eigenvalue weighted by molar-refractivity contribution is 5.67. The molecular formula is C16H32N2O3. The van der Waals surface area contributed by atoms with Crippen LogP contribution in [0.1, 0.15) is 47.5 Å². The average molecular weight is 300 g/mol. The zero-order chi connectivity index (χ0) is 16.4. The Morgan fingerprint density at radius 3 is 2.19 bits per heavy atom. The first-order valence-corrected chi connectivity index (χ1v) is 7.72. The number of ether oxygens (including phenoxy) is 1. The monoisotopic (exact) mass is 300 g/mol. The van der Waals surface area contributed by atoms with Crippen LogP contribution in [-0.2, 0) is 4.74 Å². The molecule has 124 valence electrons. The predicted octanol–water partition coefficient (Wildman–Crippen LogP) is 2.46. The van der Waals surface area contributed by atoms with E-state index in [-0.39, 0.29) is 12.0 Å². The number of aliphatic hydroxyl groups is 1. The zero-order valence-corrected chi connectivity index (χ0v) is 14.2. The van der Waals surface area contributed by atoms with Crippen LogP contribution >= 0.6 is 0 Å². The summed E-state index contributed by atoms with van der Waals surface area (Å²) in [6.45, 7) is 11.9. The molecule has 0 aliphatic heterocycles. The minimum Gasteiger partial charge on any atom is -0.444 e. The molecule has 0 spiro atoms. The van der Waals surface area contributed by atoms with Crippen molar-refractivity contribution in [3.63, 3.8) is 0 Å². The standard InChI is InChI=1S/C16H32N2O3/c1-6-16(7-2,13-19)12-17-10-8-9-11-18-14(20)21-15(3,4)5/h8-9,17,19H,6-7,10-13H2,1-5H3,(H,18,20)/b9-8+. The van der Waals surface area contributed by atoms with Crippen LogP contribution in [-0.4, -0.2) is 43.0 Å². The molecule has 0 aromatic carbocycles. The van der Waals surface area contributed by atoms with Gasteiger partial charge >= 0.3 is 6.09 Å². The summed E-state index contributed by atoms with van der Waals surface area (Å²) < 4.78 is 5.13. The zero-order valence-electron chi connectivity index (χ0n) is 14.2. The lowest BCUT2D eigenvalue weighted by molar-refractivity contribution is 0.0534. The van der Waals surface area contributed by atoms with Crippen molar-refractivity contribution in [1.82, 2.24) is 10.6 Å². The lowest BCUT2D eigenvalue weighted by Crippen LogP contribution is -2.36. The van der Waals surface area contributed by atoms with Gasteiger partial charge < -0.3 is 20.5 Å². The Bertz CT molecular complexity index is 310. The molecule has 0 saturated heterocycles. The summed E-state index contributed by atoms with van der Waals surface area (Å²) in [5, 5.41) is 15.4. The van der Waals surface area contributed by atoms with E-state index in [1.807, 2.05) is 32.9 Å². The highest BCUT2D eigenvalue weighted by Crippen LogP contribution is 2.24. The van der Waals surface area contributed by atoms with Gasteiger partial charge in [0.05, 0.1) is 0 Å². The normalized spacial score (nSPS) is 12.7. The number of amides is 1. The van der Waals surface area contributed by atoms with E-state index in [0.29, 0.717) is 6.54 Å². The second-order valence-electron chi connectivity index (χ2n) is 6.35. The summed E-state index contributed by atoms with van der Waals surface area (Å²) in [4.78, 5) is 11.4. The van der Waals surface area contributed by atoms with E-state index in [1.54, 1.807) is 0 Å². The van der Waals surface area contributed by atoms with Crippen molar-refractivity contribution in [3.8, 4) is 0 Å². The third-order valence-corrected chi connectivity index (χ3v) is 3.53. The van der Waals surface area contributed by atoms with Gasteiger partial charge in [0, 0.05) is 31.7 Å². The number of alkyl carbamates (subject to hydrolysis) is 1. The summed E-state index contributed by atoms with van der Waals surface area (Å²) in [5.74, 6) is 0. The smallest absolute Gasteiger partial charge is 0.407 e. The Morgan fingerprint density at radius 1 is 1.14 bits per heavy atom. The van der Waals surface area contributed by atoms with Gasteiger partial charge in [-0.25, -0.2) is 4.79 Å². The Morgan fingerprint density at radius 2 is 1.71 bits per heavy atom. The quantitative estimate of drug-likeness (QED) is 0.452. The summed E-state index contributed by atoms with van der Waals surface area (Å²) in [7, 11) is 0. The predicted molar refractivity (Wildman–Crippen MR) is 86.3 cm³/mol. The van der Waals surface area contributed by atoms with Crippen LogP contribution in [0.15, 0.2) is 12.2 Å². The Hall–Kier alpha value is -1.07. The van der Waals surface area contributed by atoms with Crippen molar-refractivity contribution >= 4 is 6.09 Å². The molecule has 0 aromatic heterocycles. The first-order valence-electron chi connectivity index (χ1n) is 7.72. The molecule has 0 aliphatic carbocycles. The number of nitrogens with one attached hydrogen (secondary N) is 2. The third-order valence-electron chi connectivity index (χ3n) is 3.53. The molecule has 0 fully saturated rings. The van der Waals surface area contributed by atoms with Crippen LogP contribution in [0.4, 0.5) is 4.79 Å². The number of hydrogen-bond donors (Lipinski definition) is 3. The van der Waals surface area contributed by atoms with Crippen LogP contribution in [0.3, 0.4) is 0 Å². The minimum absolute atomic E-state index is 0.0252. The fourth-order valence-corrected chi connectivity index (χ4v) is 1.82. The summed E-state index contributed by atoms with van der Waals surface area (Å²) in [6.07, 6.45) is 5.35. The van der Waals surface area contributed by atoms with Gasteiger partial charge in [-0.3, -0.25) is 0 Å². The second-order valence-corrected chi connectivity index (χ2v) is 6.35. The fraction of sp³-hybridized carbons (Fsp3) is 0.812. The first kappa shape index (κ1) is 19.9. The summed E-state index contributed by atoms with van der Waals surface area (Å²) in [6, 6.07) is 0. The van der Waals surface area contributed by atoms with Gasteiger partial charge in [0.25, 0.3) is 0 Å². The molecule has 5 heteroatoms. The molecule has 0 saturated carbocycles. The largest absolute Gasteiger partial charge is 0.444 e. The van der Waals surface area contributed by atoms with E-state index in [0.717, 1.165) is 25.9 Å². The lowest BCUT2D eigenvalue weighted by Gasteiger charge is -2.29. The highest BCUT2D eigenvalue weighted by Gasteiger charge is 2.24. The number of carbonyl (C=O) groups is 1. The van der Waals surface area contributed by atoms with Gasteiger partial charge in [-0.1, -0.05) is 26.0 Å². The van der Waals surface area contributed by atoms with Crippen molar-refractivity contribution in [2.24, 2.45) is 5.41 Å². The number of rotatable bonds is 9. The van der Waals surface area contributed by atoms with E-state index in [9.17, 15) is 9.90 Å². The van der Waals surface area contributed by atoms with Crippen molar-refractivity contribution in [2.75, 3.05) is 26.2 Å². The summed E-state index contributed by atoms with van der Waals surface area (Å²) in [5.41, 5.74) is -0.494. The molecule has 1 amide bonds. The van der Waals surface area contributed by atoms with Gasteiger partial charge in [0.15, 0.2) is 0 Å². The first-order chi connectivity index (χ1) is 9.78. The SMILES string of the molecule is CCC(CC)(CO)CNC/C=C/CNC(=O)OC(C)(C)C. The summed E-state index contributed by atoms with van der Waals surface area (Å²) >= 11 is 0. The van der Waals surface area contributed by atoms with Crippen LogP contribution in [0.25, 0.3) is 0 Å². The van der Waals surface area contributed by atoms with E-state index in [4.69, 9.17) is 4.74 Å². The van der Waals surface area contributed by atoms with Crippen molar-refractivity contribution in [2.45, 2.75) is 53.1 Å².